The van der Waals surface area contributed by atoms with Crippen LogP contribution in [0.4, 0.5) is 30.2 Å². The first-order chi connectivity index (χ1) is 19.4. The Kier molecular flexibility index (Phi) is 7.19. The average Bonchev–Trinajstić information content (AvgIpc) is 3.44. The van der Waals surface area contributed by atoms with E-state index in [9.17, 15) is 18.4 Å². The van der Waals surface area contributed by atoms with Gasteiger partial charge in [0.05, 0.1) is 44.8 Å². The van der Waals surface area contributed by atoms with Gasteiger partial charge in [-0.15, -0.1) is 5.53 Å². The van der Waals surface area contributed by atoms with E-state index in [0.717, 1.165) is 23.5 Å². The van der Waals surface area contributed by atoms with Crippen molar-refractivity contribution in [3.63, 3.8) is 0 Å². The minimum Gasteiger partial charge on any atom is -0.378 e. The first kappa shape index (κ1) is 28.1. The van der Waals surface area contributed by atoms with Gasteiger partial charge in [-0.2, -0.15) is 9.65 Å². The summed E-state index contributed by atoms with van der Waals surface area (Å²) < 4.78 is 41.2. The van der Waals surface area contributed by atoms with Crippen molar-refractivity contribution in [2.75, 3.05) is 10.6 Å². The van der Waals surface area contributed by atoms with E-state index in [0.29, 0.717) is 16.6 Å². The van der Waals surface area contributed by atoms with Crippen LogP contribution in [0.5, 0.6) is 0 Å². The van der Waals surface area contributed by atoms with E-state index in [1.165, 1.54) is 18.3 Å². The topological polar surface area (TPSA) is 101 Å². The molecule has 0 aliphatic carbocycles. The number of nitrogens with zero attached hydrogens (tertiary/aromatic N) is 4. The highest BCUT2D eigenvalue weighted by Crippen LogP contribution is 2.38. The summed E-state index contributed by atoms with van der Waals surface area (Å²) in [6, 6.07) is 12.6. The summed E-state index contributed by atoms with van der Waals surface area (Å²) in [5, 5.41) is 18.9. The van der Waals surface area contributed by atoms with Crippen LogP contribution < -0.4 is 21.6 Å². The normalized spacial score (nSPS) is 14.7. The van der Waals surface area contributed by atoms with Gasteiger partial charge in [0.15, 0.2) is 5.82 Å². The van der Waals surface area contributed by atoms with Gasteiger partial charge in [-0.05, 0) is 50.6 Å². The summed E-state index contributed by atoms with van der Waals surface area (Å²) in [7, 11) is 1.93. The molecule has 0 amide bonds. The van der Waals surface area contributed by atoms with Gasteiger partial charge in [-0.1, -0.05) is 23.7 Å². The Morgan fingerprint density at radius 3 is 2.39 bits per heavy atom. The number of hydrogen-bond donors (Lipinski definition) is 4. The van der Waals surface area contributed by atoms with E-state index in [2.05, 4.69) is 37.6 Å². The van der Waals surface area contributed by atoms with Gasteiger partial charge in [-0.3, -0.25) is 9.99 Å². The third kappa shape index (κ3) is 5.46. The number of nitrogens with one attached hydrogen (secondary N) is 4. The van der Waals surface area contributed by atoms with E-state index < -0.39 is 17.2 Å². The lowest BCUT2D eigenvalue weighted by molar-refractivity contribution is 0.138. The minimum absolute atomic E-state index is 0.132. The zero-order chi connectivity index (χ0) is 29.5. The van der Waals surface area contributed by atoms with Crippen LogP contribution in [0.25, 0.3) is 10.9 Å². The standard InChI is InChI=1S/C28H25BClF3N8/c1-27(2,3)41-14-23(39-40-41)28(29,16-4-6-17(31)7-5-16)38-18-8-20-24(37-19-10-22(32)26(33)36-13-19)15(11-34)12-35-25(20)21(30)9-18/h4-10,12-14,38-40H,29H2,1-3H3,(H,35,37). The van der Waals surface area contributed by atoms with Crippen LogP contribution in [0, 0.1) is 28.9 Å². The number of aromatic nitrogens is 2. The quantitative estimate of drug-likeness (QED) is 0.184. The van der Waals surface area contributed by atoms with Gasteiger partial charge in [0.2, 0.25) is 5.95 Å². The number of halogens is 4. The van der Waals surface area contributed by atoms with Crippen LogP contribution in [-0.2, 0) is 5.44 Å². The lowest BCUT2D eigenvalue weighted by Gasteiger charge is -2.34. The summed E-state index contributed by atoms with van der Waals surface area (Å²) in [5.41, 5.74) is 8.20. The molecule has 208 valence electrons. The molecule has 1 aliphatic rings. The first-order valence-corrected chi connectivity index (χ1v) is 12.9. The van der Waals surface area contributed by atoms with Gasteiger partial charge in [0.1, 0.15) is 19.7 Å². The molecule has 1 aliphatic heterocycles. The van der Waals surface area contributed by atoms with Gasteiger partial charge >= 0.3 is 0 Å². The Balaban J connectivity index is 1.64. The smallest absolute Gasteiger partial charge is 0.249 e. The number of fused-ring (bicyclic) bond motifs is 1. The third-order valence-corrected chi connectivity index (χ3v) is 7.05. The molecule has 0 radical (unpaired) electrons. The van der Waals surface area contributed by atoms with Crippen LogP contribution in [0.3, 0.4) is 0 Å². The van der Waals surface area contributed by atoms with Crippen LogP contribution in [0.2, 0.25) is 5.02 Å². The highest BCUT2D eigenvalue weighted by Gasteiger charge is 2.36. The second-order valence-corrected chi connectivity index (χ2v) is 11.1. The maximum Gasteiger partial charge on any atom is 0.249 e. The van der Waals surface area contributed by atoms with Crippen LogP contribution >= 0.6 is 11.6 Å². The van der Waals surface area contributed by atoms with E-state index in [-0.39, 0.29) is 33.3 Å². The molecule has 13 heteroatoms. The van der Waals surface area contributed by atoms with Gasteiger partial charge in [-0.25, -0.2) is 13.8 Å². The number of nitriles is 1. The Hall–Kier alpha value is -4.47. The van der Waals surface area contributed by atoms with Gasteiger partial charge < -0.3 is 16.1 Å². The summed E-state index contributed by atoms with van der Waals surface area (Å²) in [4.78, 5) is 7.76. The lowest BCUT2D eigenvalue weighted by atomic mass is 9.69. The second-order valence-electron chi connectivity index (χ2n) is 10.7. The molecule has 8 nitrogen and oxygen atoms in total. The molecule has 41 heavy (non-hydrogen) atoms. The van der Waals surface area contributed by atoms with Gasteiger partial charge in [0, 0.05) is 35.1 Å². The molecule has 0 bridgehead atoms. The molecule has 0 saturated heterocycles. The number of benzene rings is 2. The number of anilines is 3. The molecule has 3 heterocycles. The van der Waals surface area contributed by atoms with E-state index in [4.69, 9.17) is 11.6 Å². The van der Waals surface area contributed by atoms with Crippen molar-refractivity contribution in [2.24, 2.45) is 0 Å². The Morgan fingerprint density at radius 2 is 1.76 bits per heavy atom. The molecule has 4 N–H and O–H groups in total. The SMILES string of the molecule is BC(Nc1cc(Cl)c2ncc(C#N)c(Nc3cnc(F)c(F)c3)c2c1)(C1=CN(C(C)(C)C)NN1)c1ccc(F)cc1. The van der Waals surface area contributed by atoms with Crippen molar-refractivity contribution >= 4 is 47.4 Å². The fraction of sp³-hybridized carbons (Fsp3) is 0.179. The molecule has 1 unspecified atom stereocenters. The van der Waals surface area contributed by atoms with Crippen LogP contribution in [0.15, 0.2) is 66.8 Å². The molecular formula is C28H25BClF3N8. The van der Waals surface area contributed by atoms with Crippen LogP contribution in [0.1, 0.15) is 31.9 Å². The molecule has 2 aromatic carbocycles. The number of hydrogen-bond acceptors (Lipinski definition) is 8. The monoisotopic (exact) mass is 576 g/mol. The molecule has 1 atom stereocenters. The van der Waals surface area contributed by atoms with Crippen LogP contribution in [-0.4, -0.2) is 28.4 Å². The Labute approximate surface area is 240 Å². The van der Waals surface area contributed by atoms with Crippen molar-refractivity contribution in [1.82, 2.24) is 25.9 Å². The van der Waals surface area contributed by atoms with Crippen molar-refractivity contribution in [2.45, 2.75) is 31.7 Å². The Morgan fingerprint density at radius 1 is 1.02 bits per heavy atom. The molecule has 0 fully saturated rings. The van der Waals surface area contributed by atoms with Crippen molar-refractivity contribution in [3.05, 3.63) is 100 Å². The lowest BCUT2D eigenvalue weighted by Crippen LogP contribution is -2.49. The maximum atomic E-state index is 13.9. The highest BCUT2D eigenvalue weighted by atomic mass is 35.5. The number of hydrazine groups is 2. The number of rotatable bonds is 6. The fourth-order valence-corrected chi connectivity index (χ4v) is 4.75. The van der Waals surface area contributed by atoms with Crippen molar-refractivity contribution < 1.29 is 13.2 Å². The second kappa shape index (κ2) is 10.5. The molecule has 0 spiro atoms. The maximum absolute atomic E-state index is 13.9. The summed E-state index contributed by atoms with van der Waals surface area (Å²) in [6.45, 7) is 6.14. The summed E-state index contributed by atoms with van der Waals surface area (Å²) in [5.74, 6) is -2.75. The molecular weight excluding hydrogens is 552 g/mol. The predicted molar refractivity (Wildman–Crippen MR) is 155 cm³/mol. The fourth-order valence-electron chi connectivity index (χ4n) is 4.48. The summed E-state index contributed by atoms with van der Waals surface area (Å²) >= 11 is 6.68. The summed E-state index contributed by atoms with van der Waals surface area (Å²) in [6.07, 6.45) is 4.39. The van der Waals surface area contributed by atoms with Crippen molar-refractivity contribution in [3.8, 4) is 6.07 Å². The Bertz CT molecular complexity index is 1720. The third-order valence-electron chi connectivity index (χ3n) is 6.76. The largest absolute Gasteiger partial charge is 0.378 e. The molecule has 2 aromatic heterocycles. The first-order valence-electron chi connectivity index (χ1n) is 12.6. The molecule has 0 saturated carbocycles. The zero-order valence-electron chi connectivity index (χ0n) is 22.6. The van der Waals surface area contributed by atoms with Gasteiger partial charge in [0.25, 0.3) is 0 Å². The average molecular weight is 577 g/mol. The number of pyridine rings is 2. The van der Waals surface area contributed by atoms with E-state index >= 15 is 0 Å². The molecule has 4 aromatic rings. The van der Waals surface area contributed by atoms with E-state index in [1.807, 2.05) is 39.8 Å². The predicted octanol–water partition coefficient (Wildman–Crippen LogP) is 5.18. The minimum atomic E-state index is -1.24. The highest BCUT2D eigenvalue weighted by molar-refractivity contribution is 6.36. The van der Waals surface area contributed by atoms with E-state index in [1.54, 1.807) is 24.3 Å². The molecule has 5 rings (SSSR count). The van der Waals surface area contributed by atoms with Crippen molar-refractivity contribution in [1.29, 1.82) is 5.26 Å². The zero-order valence-corrected chi connectivity index (χ0v) is 23.3.